The van der Waals surface area contributed by atoms with E-state index in [1.807, 2.05) is 12.4 Å². The summed E-state index contributed by atoms with van der Waals surface area (Å²) in [5.74, 6) is 0. The van der Waals surface area contributed by atoms with Crippen LogP contribution in [-0.2, 0) is 6.54 Å². The first-order valence-corrected chi connectivity index (χ1v) is 5.89. The average molecular weight is 217 g/mol. The molecular weight excluding hydrogens is 198 g/mol. The van der Waals surface area contributed by atoms with E-state index in [9.17, 15) is 0 Å². The van der Waals surface area contributed by atoms with Crippen LogP contribution < -0.4 is 0 Å². The fourth-order valence-electron chi connectivity index (χ4n) is 1.96. The molecule has 0 aliphatic rings. The third-order valence-corrected chi connectivity index (χ3v) is 2.90. The van der Waals surface area contributed by atoms with E-state index in [0.717, 1.165) is 18.6 Å². The third-order valence-electron chi connectivity index (χ3n) is 2.90. The number of nitrogens with zero attached hydrogens (tertiary/aromatic N) is 2. The summed E-state index contributed by atoms with van der Waals surface area (Å²) in [6.45, 7) is 4.39. The van der Waals surface area contributed by atoms with Crippen molar-refractivity contribution in [2.75, 3.05) is 13.6 Å². The van der Waals surface area contributed by atoms with Crippen molar-refractivity contribution in [1.29, 1.82) is 0 Å². The summed E-state index contributed by atoms with van der Waals surface area (Å²) < 4.78 is 0. The Bertz CT molecular complexity index is 447. The van der Waals surface area contributed by atoms with Crippen LogP contribution in [0.3, 0.4) is 0 Å². The average Bonchev–Trinajstić information content (AvgIpc) is 2.70. The minimum Gasteiger partial charge on any atom is -0.360 e. The number of pyridine rings is 1. The van der Waals surface area contributed by atoms with E-state index in [1.165, 1.54) is 23.8 Å². The number of hydrogen-bond acceptors (Lipinski definition) is 2. The molecule has 0 aliphatic carbocycles. The maximum atomic E-state index is 4.11. The molecular formula is C13H19N3. The first kappa shape index (κ1) is 11.1. The van der Waals surface area contributed by atoms with Crippen molar-refractivity contribution in [3.05, 3.63) is 30.2 Å². The second kappa shape index (κ2) is 5.12. The lowest BCUT2D eigenvalue weighted by Crippen LogP contribution is -2.18. The Hall–Kier alpha value is -1.35. The van der Waals surface area contributed by atoms with Crippen LogP contribution in [0, 0.1) is 0 Å². The topological polar surface area (TPSA) is 31.9 Å². The van der Waals surface area contributed by atoms with Gasteiger partial charge in [-0.1, -0.05) is 13.3 Å². The van der Waals surface area contributed by atoms with E-state index >= 15 is 0 Å². The number of fused-ring (bicyclic) bond motifs is 1. The fourth-order valence-corrected chi connectivity index (χ4v) is 1.96. The molecule has 0 unspecified atom stereocenters. The quantitative estimate of drug-likeness (QED) is 0.835. The minimum absolute atomic E-state index is 1.00. The molecule has 2 heterocycles. The van der Waals surface area contributed by atoms with Crippen LogP contribution >= 0.6 is 0 Å². The van der Waals surface area contributed by atoms with Crippen molar-refractivity contribution in [3.8, 4) is 0 Å². The Kier molecular flexibility index (Phi) is 3.57. The highest BCUT2D eigenvalue weighted by atomic mass is 15.1. The van der Waals surface area contributed by atoms with Gasteiger partial charge in [0.25, 0.3) is 0 Å². The summed E-state index contributed by atoms with van der Waals surface area (Å²) in [6, 6.07) is 2.08. The van der Waals surface area contributed by atoms with Gasteiger partial charge in [-0.3, -0.25) is 4.98 Å². The highest BCUT2D eigenvalue weighted by molar-refractivity contribution is 5.82. The molecule has 0 spiro atoms. The standard InChI is InChI=1S/C13H19N3/c1-3-4-7-16(2)10-11-8-15-13-9-14-6-5-12(11)13/h5-6,8-9,15H,3-4,7,10H2,1-2H3. The summed E-state index contributed by atoms with van der Waals surface area (Å²) >= 11 is 0. The van der Waals surface area contributed by atoms with Gasteiger partial charge in [0.15, 0.2) is 0 Å². The van der Waals surface area contributed by atoms with Gasteiger partial charge in [-0.2, -0.15) is 0 Å². The number of hydrogen-bond donors (Lipinski definition) is 1. The SMILES string of the molecule is CCCCN(C)Cc1c[nH]c2cnccc12. The molecule has 0 amide bonds. The molecule has 0 aliphatic heterocycles. The van der Waals surface area contributed by atoms with Crippen LogP contribution in [0.1, 0.15) is 25.3 Å². The molecule has 16 heavy (non-hydrogen) atoms. The van der Waals surface area contributed by atoms with Crippen molar-refractivity contribution in [1.82, 2.24) is 14.9 Å². The zero-order valence-electron chi connectivity index (χ0n) is 10.0. The molecule has 0 atom stereocenters. The summed E-state index contributed by atoms with van der Waals surface area (Å²) in [5.41, 5.74) is 2.48. The molecule has 2 rings (SSSR count). The lowest BCUT2D eigenvalue weighted by molar-refractivity contribution is 0.322. The van der Waals surface area contributed by atoms with Gasteiger partial charge in [-0.25, -0.2) is 0 Å². The van der Waals surface area contributed by atoms with Crippen LogP contribution in [0.15, 0.2) is 24.7 Å². The fraction of sp³-hybridized carbons (Fsp3) is 0.462. The number of H-pyrrole nitrogens is 1. The van der Waals surface area contributed by atoms with E-state index in [1.54, 1.807) is 0 Å². The second-order valence-corrected chi connectivity index (χ2v) is 4.33. The zero-order chi connectivity index (χ0) is 11.4. The maximum absolute atomic E-state index is 4.11. The number of nitrogens with one attached hydrogen (secondary N) is 1. The predicted molar refractivity (Wildman–Crippen MR) is 67.3 cm³/mol. The summed E-state index contributed by atoms with van der Waals surface area (Å²) in [5, 5.41) is 1.29. The first-order valence-electron chi connectivity index (χ1n) is 5.89. The Balaban J connectivity index is 2.09. The molecule has 1 N–H and O–H groups in total. The van der Waals surface area contributed by atoms with Gasteiger partial charge in [0.1, 0.15) is 0 Å². The van der Waals surface area contributed by atoms with E-state index in [0.29, 0.717) is 0 Å². The van der Waals surface area contributed by atoms with Crippen LogP contribution in [0.4, 0.5) is 0 Å². The minimum atomic E-state index is 1.00. The molecule has 0 radical (unpaired) electrons. The van der Waals surface area contributed by atoms with E-state index < -0.39 is 0 Å². The molecule has 0 fully saturated rings. The lowest BCUT2D eigenvalue weighted by atomic mass is 10.2. The van der Waals surface area contributed by atoms with Gasteiger partial charge in [0, 0.05) is 24.3 Å². The van der Waals surface area contributed by atoms with Gasteiger partial charge >= 0.3 is 0 Å². The van der Waals surface area contributed by atoms with Crippen LogP contribution in [0.25, 0.3) is 10.9 Å². The lowest BCUT2D eigenvalue weighted by Gasteiger charge is -2.15. The Labute approximate surface area is 96.5 Å². The van der Waals surface area contributed by atoms with E-state index in [-0.39, 0.29) is 0 Å². The molecule has 86 valence electrons. The first-order chi connectivity index (χ1) is 7.81. The monoisotopic (exact) mass is 217 g/mol. The van der Waals surface area contributed by atoms with Gasteiger partial charge in [-0.15, -0.1) is 0 Å². The van der Waals surface area contributed by atoms with Crippen LogP contribution in [0.2, 0.25) is 0 Å². The van der Waals surface area contributed by atoms with Gasteiger partial charge in [0.05, 0.1) is 11.7 Å². The van der Waals surface area contributed by atoms with Crippen molar-refractivity contribution in [2.45, 2.75) is 26.3 Å². The third kappa shape index (κ3) is 2.42. The van der Waals surface area contributed by atoms with Gasteiger partial charge < -0.3 is 9.88 Å². The van der Waals surface area contributed by atoms with Crippen LogP contribution in [-0.4, -0.2) is 28.5 Å². The normalized spacial score (nSPS) is 11.4. The second-order valence-electron chi connectivity index (χ2n) is 4.33. The molecule has 3 nitrogen and oxygen atoms in total. The highest BCUT2D eigenvalue weighted by Gasteiger charge is 2.05. The van der Waals surface area contributed by atoms with Crippen molar-refractivity contribution >= 4 is 10.9 Å². The highest BCUT2D eigenvalue weighted by Crippen LogP contribution is 2.17. The van der Waals surface area contributed by atoms with E-state index in [4.69, 9.17) is 0 Å². The number of aromatic amines is 1. The molecule has 2 aromatic rings. The Morgan fingerprint density at radius 3 is 3.12 bits per heavy atom. The number of rotatable bonds is 5. The van der Waals surface area contributed by atoms with Gasteiger partial charge in [-0.05, 0) is 31.6 Å². The van der Waals surface area contributed by atoms with Crippen LogP contribution in [0.5, 0.6) is 0 Å². The van der Waals surface area contributed by atoms with Crippen molar-refractivity contribution < 1.29 is 0 Å². The molecule has 0 saturated heterocycles. The molecule has 0 saturated carbocycles. The number of aromatic nitrogens is 2. The molecule has 0 bridgehead atoms. The predicted octanol–water partition coefficient (Wildman–Crippen LogP) is 2.79. The summed E-state index contributed by atoms with van der Waals surface area (Å²) in [7, 11) is 2.18. The van der Waals surface area contributed by atoms with Crippen molar-refractivity contribution in [2.24, 2.45) is 0 Å². The zero-order valence-corrected chi connectivity index (χ0v) is 10.0. The molecule has 0 aromatic carbocycles. The maximum Gasteiger partial charge on any atom is 0.0643 e. The van der Waals surface area contributed by atoms with Gasteiger partial charge in [0.2, 0.25) is 0 Å². The Morgan fingerprint density at radius 2 is 2.31 bits per heavy atom. The number of unbranched alkanes of at least 4 members (excludes halogenated alkanes) is 1. The Morgan fingerprint density at radius 1 is 1.44 bits per heavy atom. The summed E-state index contributed by atoms with van der Waals surface area (Å²) in [6.07, 6.45) is 8.34. The largest absolute Gasteiger partial charge is 0.360 e. The molecule has 2 aromatic heterocycles. The molecule has 3 heteroatoms. The van der Waals surface area contributed by atoms with E-state index in [2.05, 4.69) is 41.1 Å². The smallest absolute Gasteiger partial charge is 0.0643 e. The van der Waals surface area contributed by atoms with Crippen molar-refractivity contribution in [3.63, 3.8) is 0 Å². The summed E-state index contributed by atoms with van der Waals surface area (Å²) in [4.78, 5) is 9.74.